The van der Waals surface area contributed by atoms with Crippen molar-refractivity contribution in [1.82, 2.24) is 10.2 Å². The van der Waals surface area contributed by atoms with Gasteiger partial charge in [-0.15, -0.1) is 6.58 Å². The number of benzene rings is 1. The smallest absolute Gasteiger partial charge is 0.269 e. The predicted molar refractivity (Wildman–Crippen MR) is 108 cm³/mol. The second-order valence-corrected chi connectivity index (χ2v) is 8.11. The van der Waals surface area contributed by atoms with Crippen molar-refractivity contribution in [2.24, 2.45) is 5.92 Å². The molecule has 1 aromatic carbocycles. The van der Waals surface area contributed by atoms with Crippen molar-refractivity contribution < 1.29 is 9.72 Å². The Labute approximate surface area is 165 Å². The van der Waals surface area contributed by atoms with Gasteiger partial charge >= 0.3 is 0 Å². The number of nitro groups is 1. The average Bonchev–Trinajstić information content (AvgIpc) is 3.25. The fraction of sp³-hybridized carbons (Fsp3) is 0.571. The van der Waals surface area contributed by atoms with Crippen molar-refractivity contribution in [2.75, 3.05) is 31.1 Å². The number of carbonyl (C=O) groups is 1. The highest BCUT2D eigenvalue weighted by atomic mass is 16.6. The zero-order valence-corrected chi connectivity index (χ0v) is 16.2. The summed E-state index contributed by atoms with van der Waals surface area (Å²) in [4.78, 5) is 28.7. The van der Waals surface area contributed by atoms with E-state index in [-0.39, 0.29) is 28.5 Å². The molecule has 4 rings (SSSR count). The number of hydrogen-bond donors (Lipinski definition) is 1. The van der Waals surface area contributed by atoms with Crippen molar-refractivity contribution in [3.8, 4) is 0 Å². The van der Waals surface area contributed by atoms with E-state index in [1.54, 1.807) is 18.2 Å². The van der Waals surface area contributed by atoms with E-state index in [9.17, 15) is 14.9 Å². The van der Waals surface area contributed by atoms with Gasteiger partial charge in [-0.1, -0.05) is 18.9 Å². The molecule has 1 amide bonds. The lowest BCUT2D eigenvalue weighted by Crippen LogP contribution is -2.62. The second kappa shape index (κ2) is 7.91. The summed E-state index contributed by atoms with van der Waals surface area (Å²) in [6, 6.07) is 5.83. The Kier molecular flexibility index (Phi) is 5.35. The molecule has 2 aliphatic heterocycles. The van der Waals surface area contributed by atoms with Crippen LogP contribution >= 0.6 is 0 Å². The van der Waals surface area contributed by atoms with Gasteiger partial charge in [-0.25, -0.2) is 0 Å². The van der Waals surface area contributed by atoms with Crippen LogP contribution in [0.3, 0.4) is 0 Å². The number of rotatable bonds is 5. The molecule has 2 fully saturated rings. The molecule has 0 radical (unpaired) electrons. The molecule has 1 saturated heterocycles. The Morgan fingerprint density at radius 3 is 2.82 bits per heavy atom. The van der Waals surface area contributed by atoms with Gasteiger partial charge in [0.1, 0.15) is 0 Å². The van der Waals surface area contributed by atoms with Crippen LogP contribution in [-0.2, 0) is 11.2 Å². The average molecular weight is 384 g/mol. The quantitative estimate of drug-likeness (QED) is 0.479. The minimum atomic E-state index is -0.364. The summed E-state index contributed by atoms with van der Waals surface area (Å²) in [6.45, 7) is 6.85. The molecular formula is C21H28N4O3. The fourth-order valence-electron chi connectivity index (χ4n) is 5.15. The molecule has 0 bridgehead atoms. The van der Waals surface area contributed by atoms with Gasteiger partial charge in [0, 0.05) is 50.0 Å². The lowest BCUT2D eigenvalue weighted by Gasteiger charge is -2.50. The first-order valence-electron chi connectivity index (χ1n) is 10.2. The van der Waals surface area contributed by atoms with Crippen molar-refractivity contribution >= 4 is 17.3 Å². The number of non-ortho nitro benzene ring substituents is 1. The van der Waals surface area contributed by atoms with Crippen molar-refractivity contribution in [1.29, 1.82) is 0 Å². The van der Waals surface area contributed by atoms with Crippen LogP contribution in [0.1, 0.15) is 31.2 Å². The van der Waals surface area contributed by atoms with E-state index in [4.69, 9.17) is 0 Å². The van der Waals surface area contributed by atoms with Crippen LogP contribution in [0.5, 0.6) is 0 Å². The standard InChI is InChI=1S/C21H28N4O3/c1-2-9-22-21(26)18-13-15-12-17(25(27)28)7-8-19(15)24-11-10-23(14-20(18)24)16-5-3-4-6-16/h2,7-8,12,16,18,20H,1,3-6,9-11,13-14H2,(H,22,26)/t18-,20+/m1/s1. The Morgan fingerprint density at radius 1 is 1.32 bits per heavy atom. The zero-order chi connectivity index (χ0) is 19.7. The third-order valence-electron chi connectivity index (χ3n) is 6.54. The summed E-state index contributed by atoms with van der Waals surface area (Å²) in [5.41, 5.74) is 2.04. The summed E-state index contributed by atoms with van der Waals surface area (Å²) >= 11 is 0. The summed E-state index contributed by atoms with van der Waals surface area (Å²) in [7, 11) is 0. The van der Waals surface area contributed by atoms with E-state index in [2.05, 4.69) is 21.7 Å². The first-order valence-corrected chi connectivity index (χ1v) is 10.2. The summed E-state index contributed by atoms with van der Waals surface area (Å²) in [6.07, 6.45) is 7.32. The summed E-state index contributed by atoms with van der Waals surface area (Å²) in [5, 5.41) is 14.2. The predicted octanol–water partition coefficient (Wildman–Crippen LogP) is 2.50. The minimum absolute atomic E-state index is 0.0142. The molecule has 7 nitrogen and oxygen atoms in total. The summed E-state index contributed by atoms with van der Waals surface area (Å²) < 4.78 is 0. The van der Waals surface area contributed by atoms with Gasteiger partial charge in [0.05, 0.1) is 16.9 Å². The van der Waals surface area contributed by atoms with Crippen molar-refractivity contribution in [2.45, 2.75) is 44.2 Å². The van der Waals surface area contributed by atoms with Gasteiger partial charge in [0.15, 0.2) is 0 Å². The third-order valence-corrected chi connectivity index (χ3v) is 6.54. The molecule has 1 aromatic rings. The molecule has 2 atom stereocenters. The zero-order valence-electron chi connectivity index (χ0n) is 16.2. The SMILES string of the molecule is C=CCNC(=O)[C@@H]1Cc2cc([N+](=O)[O-])ccc2N2CCN(C3CCCC3)C[C@@H]12. The Hall–Kier alpha value is -2.41. The number of carbonyl (C=O) groups excluding carboxylic acids is 1. The lowest BCUT2D eigenvalue weighted by atomic mass is 9.83. The lowest BCUT2D eigenvalue weighted by molar-refractivity contribution is -0.384. The number of nitrogens with one attached hydrogen (secondary N) is 1. The fourth-order valence-corrected chi connectivity index (χ4v) is 5.15. The minimum Gasteiger partial charge on any atom is -0.365 e. The number of amides is 1. The van der Waals surface area contributed by atoms with E-state index >= 15 is 0 Å². The Balaban J connectivity index is 1.63. The van der Waals surface area contributed by atoms with Crippen LogP contribution in [0, 0.1) is 16.0 Å². The highest BCUT2D eigenvalue weighted by Gasteiger charge is 2.43. The van der Waals surface area contributed by atoms with Crippen LogP contribution in [0.4, 0.5) is 11.4 Å². The molecule has 1 N–H and O–H groups in total. The molecule has 1 aliphatic carbocycles. The molecular weight excluding hydrogens is 356 g/mol. The number of nitro benzene ring substituents is 1. The van der Waals surface area contributed by atoms with Gasteiger partial charge < -0.3 is 10.2 Å². The van der Waals surface area contributed by atoms with Gasteiger partial charge in [0.2, 0.25) is 5.91 Å². The monoisotopic (exact) mass is 384 g/mol. The largest absolute Gasteiger partial charge is 0.365 e. The maximum atomic E-state index is 12.9. The molecule has 2 heterocycles. The van der Waals surface area contributed by atoms with Crippen LogP contribution in [-0.4, -0.2) is 54.0 Å². The molecule has 3 aliphatic rings. The molecule has 7 heteroatoms. The van der Waals surface area contributed by atoms with E-state index in [0.717, 1.165) is 30.9 Å². The van der Waals surface area contributed by atoms with Crippen LogP contribution in [0.15, 0.2) is 30.9 Å². The van der Waals surface area contributed by atoms with E-state index in [1.807, 2.05) is 6.07 Å². The highest BCUT2D eigenvalue weighted by Crippen LogP contribution is 2.39. The number of anilines is 1. The van der Waals surface area contributed by atoms with Gasteiger partial charge in [-0.05, 0) is 30.9 Å². The van der Waals surface area contributed by atoms with E-state index in [0.29, 0.717) is 19.0 Å². The maximum Gasteiger partial charge on any atom is 0.269 e. The number of piperazine rings is 1. The van der Waals surface area contributed by atoms with Crippen molar-refractivity contribution in [3.63, 3.8) is 0 Å². The van der Waals surface area contributed by atoms with E-state index in [1.165, 1.54) is 25.7 Å². The molecule has 0 spiro atoms. The number of fused-ring (bicyclic) bond motifs is 3. The first-order chi connectivity index (χ1) is 13.6. The molecule has 1 saturated carbocycles. The molecule has 150 valence electrons. The van der Waals surface area contributed by atoms with Crippen LogP contribution in [0.2, 0.25) is 0 Å². The Bertz CT molecular complexity index is 775. The first kappa shape index (κ1) is 18.9. The van der Waals surface area contributed by atoms with Gasteiger partial charge in [-0.2, -0.15) is 0 Å². The van der Waals surface area contributed by atoms with Gasteiger partial charge in [-0.3, -0.25) is 19.8 Å². The van der Waals surface area contributed by atoms with Crippen molar-refractivity contribution in [3.05, 3.63) is 46.5 Å². The van der Waals surface area contributed by atoms with E-state index < -0.39 is 0 Å². The second-order valence-electron chi connectivity index (χ2n) is 8.11. The molecule has 0 unspecified atom stereocenters. The highest BCUT2D eigenvalue weighted by molar-refractivity contribution is 5.82. The maximum absolute atomic E-state index is 12.9. The van der Waals surface area contributed by atoms with Crippen LogP contribution in [0.25, 0.3) is 0 Å². The third kappa shape index (κ3) is 3.51. The van der Waals surface area contributed by atoms with Gasteiger partial charge in [0.25, 0.3) is 5.69 Å². The summed E-state index contributed by atoms with van der Waals surface area (Å²) in [5.74, 6) is -0.195. The Morgan fingerprint density at radius 2 is 2.11 bits per heavy atom. The topological polar surface area (TPSA) is 78.7 Å². The number of nitrogens with zero attached hydrogens (tertiary/aromatic N) is 3. The number of hydrogen-bond acceptors (Lipinski definition) is 5. The van der Waals surface area contributed by atoms with Crippen LogP contribution < -0.4 is 10.2 Å². The molecule has 0 aromatic heterocycles. The molecule has 28 heavy (non-hydrogen) atoms. The normalized spacial score (nSPS) is 25.1.